The molecule has 0 fully saturated rings. The van der Waals surface area contributed by atoms with Crippen molar-refractivity contribution in [3.8, 4) is 34.1 Å². The molecule has 0 unspecified atom stereocenters. The van der Waals surface area contributed by atoms with Crippen molar-refractivity contribution >= 4 is 10.8 Å². The topological polar surface area (TPSA) is 36.9 Å². The van der Waals surface area contributed by atoms with Gasteiger partial charge in [0.2, 0.25) is 0 Å². The molecule has 0 aliphatic carbocycles. The Balaban J connectivity index is 2.52. The summed E-state index contributed by atoms with van der Waals surface area (Å²) in [6.07, 6.45) is 0. The summed E-state index contributed by atoms with van der Waals surface area (Å²) in [7, 11) is 6.78. The van der Waals surface area contributed by atoms with Gasteiger partial charge in [-0.3, -0.25) is 0 Å². The van der Waals surface area contributed by atoms with Crippen LogP contribution in [0.4, 0.5) is 0 Å². The number of hydrogen-bond acceptors (Lipinski definition) is 4. The van der Waals surface area contributed by atoms with E-state index in [4.69, 9.17) is 18.9 Å². The Labute approximate surface area is 160 Å². The maximum Gasteiger partial charge on any atom is 0.130 e. The molecule has 0 aromatic heterocycles. The van der Waals surface area contributed by atoms with Crippen molar-refractivity contribution in [1.29, 1.82) is 0 Å². The van der Waals surface area contributed by atoms with Crippen molar-refractivity contribution in [2.24, 2.45) is 0 Å². The minimum Gasteiger partial charge on any atom is -0.496 e. The summed E-state index contributed by atoms with van der Waals surface area (Å²) in [4.78, 5) is 0. The van der Waals surface area contributed by atoms with Gasteiger partial charge in [-0.25, -0.2) is 0 Å². The zero-order chi connectivity index (χ0) is 19.7. The predicted molar refractivity (Wildman–Crippen MR) is 110 cm³/mol. The van der Waals surface area contributed by atoms with E-state index in [0.717, 1.165) is 61.6 Å². The second-order valence-electron chi connectivity index (χ2n) is 6.51. The molecule has 27 heavy (non-hydrogen) atoms. The van der Waals surface area contributed by atoms with Crippen molar-refractivity contribution in [1.82, 2.24) is 0 Å². The number of benzene rings is 3. The van der Waals surface area contributed by atoms with Crippen LogP contribution in [0.2, 0.25) is 0 Å². The number of rotatable bonds is 5. The van der Waals surface area contributed by atoms with Gasteiger partial charge in [-0.1, -0.05) is 12.1 Å². The standard InChI is InChI=1S/C23H26O4/c1-13-14(2)23(27-7)20(15(3)22(13)26-6)17-11-12-18(24-4)16-9-8-10-19(25-5)21(16)17/h8-12H,1-7H3. The molecule has 0 heterocycles. The molecule has 0 aliphatic rings. The lowest BCUT2D eigenvalue weighted by molar-refractivity contribution is 0.396. The first-order chi connectivity index (χ1) is 13.0. The Morgan fingerprint density at radius 2 is 1.22 bits per heavy atom. The highest BCUT2D eigenvalue weighted by Gasteiger charge is 2.23. The fourth-order valence-electron chi connectivity index (χ4n) is 3.88. The molecule has 0 amide bonds. The van der Waals surface area contributed by atoms with Crippen LogP contribution in [0.15, 0.2) is 30.3 Å². The van der Waals surface area contributed by atoms with Crippen molar-refractivity contribution < 1.29 is 18.9 Å². The zero-order valence-electron chi connectivity index (χ0n) is 17.0. The predicted octanol–water partition coefficient (Wildman–Crippen LogP) is 5.47. The Morgan fingerprint density at radius 1 is 0.593 bits per heavy atom. The van der Waals surface area contributed by atoms with Crippen LogP contribution >= 0.6 is 0 Å². The summed E-state index contributed by atoms with van der Waals surface area (Å²) in [5.74, 6) is 3.32. The van der Waals surface area contributed by atoms with Crippen molar-refractivity contribution in [3.05, 3.63) is 47.0 Å². The van der Waals surface area contributed by atoms with Crippen molar-refractivity contribution in [3.63, 3.8) is 0 Å². The van der Waals surface area contributed by atoms with Gasteiger partial charge in [0.05, 0.1) is 28.4 Å². The van der Waals surface area contributed by atoms with Gasteiger partial charge in [0, 0.05) is 21.9 Å². The summed E-state index contributed by atoms with van der Waals surface area (Å²) in [5, 5.41) is 1.99. The smallest absolute Gasteiger partial charge is 0.130 e. The summed E-state index contributed by atoms with van der Waals surface area (Å²) < 4.78 is 22.8. The van der Waals surface area contributed by atoms with Crippen LogP contribution < -0.4 is 18.9 Å². The normalized spacial score (nSPS) is 10.8. The highest BCUT2D eigenvalue weighted by Crippen LogP contribution is 2.48. The SMILES string of the molecule is COc1c(C)c(C)c(OC)c(-c2ccc(OC)c3cccc(OC)c23)c1C. The lowest BCUT2D eigenvalue weighted by Crippen LogP contribution is -2.02. The van der Waals surface area contributed by atoms with Crippen LogP contribution in [0.25, 0.3) is 21.9 Å². The van der Waals surface area contributed by atoms with Crippen LogP contribution in [0.3, 0.4) is 0 Å². The van der Waals surface area contributed by atoms with Gasteiger partial charge < -0.3 is 18.9 Å². The van der Waals surface area contributed by atoms with Crippen molar-refractivity contribution in [2.45, 2.75) is 20.8 Å². The van der Waals surface area contributed by atoms with Crippen LogP contribution in [-0.4, -0.2) is 28.4 Å². The monoisotopic (exact) mass is 366 g/mol. The number of fused-ring (bicyclic) bond motifs is 1. The summed E-state index contributed by atoms with van der Waals surface area (Å²) in [5.41, 5.74) is 5.22. The third-order valence-electron chi connectivity index (χ3n) is 5.27. The first-order valence-corrected chi connectivity index (χ1v) is 8.85. The highest BCUT2D eigenvalue weighted by molar-refractivity contribution is 6.06. The summed E-state index contributed by atoms with van der Waals surface area (Å²) in [6, 6.07) is 10.0. The third kappa shape index (κ3) is 2.85. The summed E-state index contributed by atoms with van der Waals surface area (Å²) in [6.45, 7) is 6.18. The van der Waals surface area contributed by atoms with E-state index in [1.807, 2.05) is 24.3 Å². The Morgan fingerprint density at radius 3 is 1.81 bits per heavy atom. The van der Waals surface area contributed by atoms with Crippen LogP contribution in [0.1, 0.15) is 16.7 Å². The lowest BCUT2D eigenvalue weighted by atomic mass is 9.89. The molecule has 0 atom stereocenters. The van der Waals surface area contributed by atoms with E-state index in [2.05, 4.69) is 26.8 Å². The van der Waals surface area contributed by atoms with Gasteiger partial charge in [-0.15, -0.1) is 0 Å². The maximum absolute atomic E-state index is 5.84. The molecule has 3 aromatic carbocycles. The minimum atomic E-state index is 0.792. The largest absolute Gasteiger partial charge is 0.496 e. The number of methoxy groups -OCH3 is 4. The Kier molecular flexibility index (Phi) is 5.17. The quantitative estimate of drug-likeness (QED) is 0.600. The Hall–Kier alpha value is -2.88. The van der Waals surface area contributed by atoms with E-state index < -0.39 is 0 Å². The van der Waals surface area contributed by atoms with Gasteiger partial charge in [0.1, 0.15) is 23.0 Å². The third-order valence-corrected chi connectivity index (χ3v) is 5.27. The minimum absolute atomic E-state index is 0.792. The molecule has 0 aliphatic heterocycles. The molecule has 0 bridgehead atoms. The van der Waals surface area contributed by atoms with E-state index in [1.165, 1.54) is 0 Å². The lowest BCUT2D eigenvalue weighted by Gasteiger charge is -2.22. The molecule has 0 N–H and O–H groups in total. The van der Waals surface area contributed by atoms with E-state index in [9.17, 15) is 0 Å². The second-order valence-corrected chi connectivity index (χ2v) is 6.51. The van der Waals surface area contributed by atoms with E-state index in [-0.39, 0.29) is 0 Å². The molecule has 4 heteroatoms. The van der Waals surface area contributed by atoms with Crippen LogP contribution in [0, 0.1) is 20.8 Å². The molecular formula is C23H26O4. The second kappa shape index (κ2) is 7.39. The maximum atomic E-state index is 5.84. The molecule has 142 valence electrons. The van der Waals surface area contributed by atoms with E-state index in [0.29, 0.717) is 0 Å². The first-order valence-electron chi connectivity index (χ1n) is 8.85. The number of ether oxygens (including phenoxy) is 4. The zero-order valence-corrected chi connectivity index (χ0v) is 17.0. The van der Waals surface area contributed by atoms with Gasteiger partial charge in [0.15, 0.2) is 0 Å². The molecule has 0 saturated carbocycles. The first kappa shape index (κ1) is 18.9. The molecule has 3 aromatic rings. The van der Waals surface area contributed by atoms with E-state index >= 15 is 0 Å². The van der Waals surface area contributed by atoms with Crippen LogP contribution in [0.5, 0.6) is 23.0 Å². The molecule has 4 nitrogen and oxygen atoms in total. The molecule has 0 radical (unpaired) electrons. The van der Waals surface area contributed by atoms with Gasteiger partial charge in [-0.05, 0) is 55.7 Å². The molecule has 3 rings (SSSR count). The van der Waals surface area contributed by atoms with Crippen LogP contribution in [-0.2, 0) is 0 Å². The molecular weight excluding hydrogens is 340 g/mol. The fourth-order valence-corrected chi connectivity index (χ4v) is 3.88. The van der Waals surface area contributed by atoms with Gasteiger partial charge in [0.25, 0.3) is 0 Å². The average molecular weight is 366 g/mol. The van der Waals surface area contributed by atoms with E-state index in [1.54, 1.807) is 28.4 Å². The average Bonchev–Trinajstić information content (AvgIpc) is 2.69. The number of hydrogen-bond donors (Lipinski definition) is 0. The van der Waals surface area contributed by atoms with Crippen molar-refractivity contribution in [2.75, 3.05) is 28.4 Å². The Bertz CT molecular complexity index is 1010. The highest BCUT2D eigenvalue weighted by atomic mass is 16.5. The van der Waals surface area contributed by atoms with Gasteiger partial charge >= 0.3 is 0 Å². The molecule has 0 spiro atoms. The van der Waals surface area contributed by atoms with Gasteiger partial charge in [-0.2, -0.15) is 0 Å². The summed E-state index contributed by atoms with van der Waals surface area (Å²) >= 11 is 0. The fraction of sp³-hybridized carbons (Fsp3) is 0.304. The molecule has 0 saturated heterocycles.